The molecule has 1 aromatic heterocycles. The number of hydrogen-bond donors (Lipinski definition) is 2. The Morgan fingerprint density at radius 2 is 1.87 bits per heavy atom. The number of fused-ring (bicyclic) bond motifs is 8. The fourth-order valence-corrected chi connectivity index (χ4v) is 10.2. The zero-order valence-electron chi connectivity index (χ0n) is 27.4. The fourth-order valence-electron chi connectivity index (χ4n) is 7.46. The van der Waals surface area contributed by atoms with Gasteiger partial charge in [0.15, 0.2) is 5.78 Å². The van der Waals surface area contributed by atoms with Crippen LogP contribution in [-0.2, 0) is 16.4 Å². The van der Waals surface area contributed by atoms with Crippen molar-refractivity contribution in [1.29, 1.82) is 0 Å². The van der Waals surface area contributed by atoms with E-state index in [1.54, 1.807) is 48.9 Å². The lowest BCUT2D eigenvalue weighted by Gasteiger charge is -2.46. The van der Waals surface area contributed by atoms with Gasteiger partial charge in [0, 0.05) is 29.6 Å². The number of allylic oxidation sites excluding steroid dienone is 2. The van der Waals surface area contributed by atoms with Crippen molar-refractivity contribution in [2.75, 3.05) is 20.2 Å². The number of benzene rings is 2. The summed E-state index contributed by atoms with van der Waals surface area (Å²) < 4.78 is 34.7. The van der Waals surface area contributed by atoms with Gasteiger partial charge in [-0.05, 0) is 117 Å². The third-order valence-corrected chi connectivity index (χ3v) is 13.5. The normalized spacial score (nSPS) is 25.6. The smallest absolute Gasteiger partial charge is 0.252 e. The molecule has 0 amide bonds. The Labute approximate surface area is 278 Å². The molecule has 1 heterocycles. The number of hydrogen-bond acceptors (Lipinski definition) is 7. The van der Waals surface area contributed by atoms with Crippen molar-refractivity contribution in [3.05, 3.63) is 93.9 Å². The SMILES string of the molecule is CCCN(CC1(O)CCC2c3ccc(cc3C(=O)c3ccc(OC)cc3)CC(O)CCC(C)=CCCC21C)S(=O)(=O)c1cccs1. The lowest BCUT2D eigenvalue weighted by molar-refractivity contribution is -0.0723. The molecule has 3 aromatic rings. The van der Waals surface area contributed by atoms with Gasteiger partial charge in [0.05, 0.1) is 18.8 Å². The first kappa shape index (κ1) is 34.5. The van der Waals surface area contributed by atoms with Crippen molar-refractivity contribution in [3.8, 4) is 5.75 Å². The van der Waals surface area contributed by atoms with Crippen LogP contribution in [0.1, 0.15) is 98.7 Å². The molecule has 248 valence electrons. The summed E-state index contributed by atoms with van der Waals surface area (Å²) in [6.45, 7) is 6.41. The first-order valence-corrected chi connectivity index (χ1v) is 18.6. The molecule has 0 spiro atoms. The Morgan fingerprint density at radius 1 is 1.11 bits per heavy atom. The summed E-state index contributed by atoms with van der Waals surface area (Å²) in [5, 5.41) is 25.4. The lowest BCUT2D eigenvalue weighted by atomic mass is 9.64. The van der Waals surface area contributed by atoms with Gasteiger partial charge in [-0.3, -0.25) is 4.79 Å². The topological polar surface area (TPSA) is 104 Å². The highest BCUT2D eigenvalue weighted by Gasteiger charge is 2.58. The molecule has 2 N–H and O–H groups in total. The van der Waals surface area contributed by atoms with E-state index in [-0.39, 0.29) is 22.5 Å². The molecule has 3 aliphatic carbocycles. The molecule has 6 rings (SSSR count). The third-order valence-electron chi connectivity index (χ3n) is 10.3. The van der Waals surface area contributed by atoms with Crippen molar-refractivity contribution >= 4 is 27.1 Å². The van der Waals surface area contributed by atoms with E-state index in [1.165, 1.54) is 21.2 Å². The van der Waals surface area contributed by atoms with Crippen molar-refractivity contribution in [2.24, 2.45) is 5.41 Å². The molecule has 9 heteroatoms. The van der Waals surface area contributed by atoms with E-state index >= 15 is 0 Å². The van der Waals surface area contributed by atoms with E-state index in [0.29, 0.717) is 68.4 Å². The molecule has 7 nitrogen and oxygen atoms in total. The second kappa shape index (κ2) is 14.1. The lowest BCUT2D eigenvalue weighted by Crippen LogP contribution is -2.53. The molecule has 2 aromatic carbocycles. The number of nitrogens with zero attached hydrogens (tertiary/aromatic N) is 1. The van der Waals surface area contributed by atoms with Gasteiger partial charge in [0.1, 0.15) is 9.96 Å². The summed E-state index contributed by atoms with van der Waals surface area (Å²) in [5.74, 6) is 0.342. The van der Waals surface area contributed by atoms with Crippen LogP contribution < -0.4 is 4.74 Å². The second-order valence-corrected chi connectivity index (χ2v) is 16.4. The number of aliphatic hydroxyl groups is 2. The van der Waals surface area contributed by atoms with Crippen molar-refractivity contribution < 1.29 is 28.2 Å². The zero-order chi connectivity index (χ0) is 33.1. The first-order chi connectivity index (χ1) is 21.9. The number of sulfonamides is 1. The Balaban J connectivity index is 1.61. The number of carbonyl (C=O) groups excluding carboxylic acids is 1. The monoisotopic (exact) mass is 665 g/mol. The highest BCUT2D eigenvalue weighted by Crippen LogP contribution is 2.59. The largest absolute Gasteiger partial charge is 0.497 e. The van der Waals surface area contributed by atoms with Crippen molar-refractivity contribution in [2.45, 2.75) is 94.0 Å². The van der Waals surface area contributed by atoms with E-state index in [0.717, 1.165) is 17.5 Å². The van der Waals surface area contributed by atoms with Crippen molar-refractivity contribution in [3.63, 3.8) is 0 Å². The van der Waals surface area contributed by atoms with Gasteiger partial charge in [-0.1, -0.05) is 43.7 Å². The summed E-state index contributed by atoms with van der Waals surface area (Å²) in [6.07, 6.45) is 6.42. The zero-order valence-corrected chi connectivity index (χ0v) is 29.0. The standard InChI is InChI=1S/C37H47NO6S2/c1-5-21-38(46(42,43)34-9-7-22-45-34)25-37(41)20-18-33-31-17-11-27(23-29(39)14-10-26(2)8-6-19-36(33,37)3)24-32(31)35(40)28-12-15-30(44-4)16-13-28/h7-9,11-13,15-17,22,24,29,33,39,41H,5-6,10,14,18-21,23,25H2,1-4H3. The van der Waals surface area contributed by atoms with Crippen LogP contribution >= 0.6 is 11.3 Å². The van der Waals surface area contributed by atoms with Crippen LogP contribution in [0, 0.1) is 5.41 Å². The number of ketones is 1. The van der Waals surface area contributed by atoms with E-state index in [9.17, 15) is 23.4 Å². The van der Waals surface area contributed by atoms with Crippen LogP contribution in [-0.4, -0.2) is 60.6 Å². The number of carbonyl (C=O) groups is 1. The van der Waals surface area contributed by atoms with E-state index in [4.69, 9.17) is 4.74 Å². The van der Waals surface area contributed by atoms with Gasteiger partial charge < -0.3 is 14.9 Å². The van der Waals surface area contributed by atoms with Crippen LogP contribution in [0.3, 0.4) is 0 Å². The predicted molar refractivity (Wildman–Crippen MR) is 183 cm³/mol. The molecular weight excluding hydrogens is 619 g/mol. The summed E-state index contributed by atoms with van der Waals surface area (Å²) >= 11 is 1.19. The van der Waals surface area contributed by atoms with Gasteiger partial charge >= 0.3 is 0 Å². The molecule has 1 saturated carbocycles. The summed E-state index contributed by atoms with van der Waals surface area (Å²) in [5.41, 5.74) is 1.97. The minimum atomic E-state index is -3.79. The summed E-state index contributed by atoms with van der Waals surface area (Å²) in [7, 11) is -2.21. The molecule has 46 heavy (non-hydrogen) atoms. The van der Waals surface area contributed by atoms with Crippen LogP contribution in [0.4, 0.5) is 0 Å². The maximum absolute atomic E-state index is 14.2. The fraction of sp³-hybridized carbons (Fsp3) is 0.486. The predicted octanol–water partition coefficient (Wildman–Crippen LogP) is 7.13. The number of ether oxygens (including phenoxy) is 1. The Bertz CT molecular complexity index is 1650. The molecule has 1 fully saturated rings. The minimum Gasteiger partial charge on any atom is -0.497 e. The molecule has 4 unspecified atom stereocenters. The Morgan fingerprint density at radius 3 is 2.54 bits per heavy atom. The Kier molecular flexibility index (Phi) is 10.6. The quantitative estimate of drug-likeness (QED) is 0.186. The van der Waals surface area contributed by atoms with Gasteiger partial charge in [0.25, 0.3) is 10.0 Å². The minimum absolute atomic E-state index is 0.0111. The number of rotatable bonds is 9. The van der Waals surface area contributed by atoms with Crippen LogP contribution in [0.5, 0.6) is 5.75 Å². The van der Waals surface area contributed by atoms with E-state index in [1.807, 2.05) is 25.1 Å². The highest BCUT2D eigenvalue weighted by molar-refractivity contribution is 7.91. The molecule has 2 bridgehead atoms. The Hall–Kier alpha value is -2.82. The second-order valence-electron chi connectivity index (χ2n) is 13.3. The molecule has 0 radical (unpaired) electrons. The third kappa shape index (κ3) is 6.90. The summed E-state index contributed by atoms with van der Waals surface area (Å²) in [6, 6.07) is 16.4. The van der Waals surface area contributed by atoms with Crippen molar-refractivity contribution in [1.82, 2.24) is 4.31 Å². The number of thiophene rings is 1. The van der Waals surface area contributed by atoms with Gasteiger partial charge in [-0.15, -0.1) is 11.3 Å². The summed E-state index contributed by atoms with van der Waals surface area (Å²) in [4.78, 5) is 14.2. The van der Waals surface area contributed by atoms with Crippen LogP contribution in [0.2, 0.25) is 0 Å². The number of methoxy groups -OCH3 is 1. The van der Waals surface area contributed by atoms with E-state index < -0.39 is 27.1 Å². The van der Waals surface area contributed by atoms with Crippen LogP contribution in [0.25, 0.3) is 0 Å². The first-order valence-electron chi connectivity index (χ1n) is 16.3. The van der Waals surface area contributed by atoms with Crippen LogP contribution in [0.15, 0.2) is 75.8 Å². The van der Waals surface area contributed by atoms with Gasteiger partial charge in [0.2, 0.25) is 0 Å². The number of aliphatic hydroxyl groups excluding tert-OH is 1. The average molecular weight is 666 g/mol. The van der Waals surface area contributed by atoms with Gasteiger partial charge in [-0.2, -0.15) is 4.31 Å². The molecule has 4 atom stereocenters. The van der Waals surface area contributed by atoms with Gasteiger partial charge in [-0.25, -0.2) is 8.42 Å². The molecule has 3 aliphatic rings. The highest BCUT2D eigenvalue weighted by atomic mass is 32.2. The average Bonchev–Trinajstić information content (AvgIpc) is 3.67. The van der Waals surface area contributed by atoms with E-state index in [2.05, 4.69) is 19.9 Å². The molecular formula is C37H47NO6S2. The maximum atomic E-state index is 14.2. The molecule has 0 saturated heterocycles. The maximum Gasteiger partial charge on any atom is 0.252 e. The molecule has 0 aliphatic heterocycles.